The van der Waals surface area contributed by atoms with Gasteiger partial charge in [0, 0.05) is 11.7 Å². The van der Waals surface area contributed by atoms with Gasteiger partial charge in [-0.2, -0.15) is 0 Å². The van der Waals surface area contributed by atoms with Gasteiger partial charge in [0.1, 0.15) is 0 Å². The normalized spacial score (nSPS) is 12.6. The Morgan fingerprint density at radius 1 is 1.29 bits per heavy atom. The van der Waals surface area contributed by atoms with Crippen molar-refractivity contribution < 1.29 is 9.59 Å². The summed E-state index contributed by atoms with van der Waals surface area (Å²) in [5, 5.41) is 5.35. The van der Waals surface area contributed by atoms with Crippen molar-refractivity contribution in [2.24, 2.45) is 0 Å². The van der Waals surface area contributed by atoms with Gasteiger partial charge in [0.05, 0.1) is 6.42 Å². The molecule has 0 heterocycles. The van der Waals surface area contributed by atoms with Gasteiger partial charge in [-0.1, -0.05) is 53.9 Å². The van der Waals surface area contributed by atoms with E-state index in [1.54, 1.807) is 24.3 Å². The Bertz CT molecular complexity index is 515. The van der Waals surface area contributed by atoms with Crippen LogP contribution in [0.1, 0.15) is 25.8 Å². The van der Waals surface area contributed by atoms with Crippen LogP contribution in [0.2, 0.25) is 0 Å². The predicted molar refractivity (Wildman–Crippen MR) is 87.0 cm³/mol. The Hall–Kier alpha value is -0.970. The van der Waals surface area contributed by atoms with Gasteiger partial charge in [0.15, 0.2) is 0 Å². The quantitative estimate of drug-likeness (QED) is 0.798. The lowest BCUT2D eigenvalue weighted by atomic mass is 10.1. The first-order valence-corrected chi connectivity index (χ1v) is 7.62. The fourth-order valence-electron chi connectivity index (χ4n) is 1.57. The molecule has 4 nitrogen and oxygen atoms in total. The Morgan fingerprint density at radius 2 is 1.95 bits per heavy atom. The van der Waals surface area contributed by atoms with E-state index in [1.165, 1.54) is 0 Å². The highest BCUT2D eigenvalue weighted by molar-refractivity contribution is 6.76. The topological polar surface area (TPSA) is 58.2 Å². The lowest BCUT2D eigenvalue weighted by molar-refractivity contribution is -0.121. The number of anilines is 1. The smallest absolute Gasteiger partial charge is 0.276 e. The number of benzene rings is 1. The van der Waals surface area contributed by atoms with Gasteiger partial charge < -0.3 is 10.6 Å². The van der Waals surface area contributed by atoms with E-state index < -0.39 is 9.70 Å². The molecule has 1 rings (SSSR count). The number of nitrogens with one attached hydrogen (secondary N) is 2. The molecule has 2 N–H and O–H groups in total. The first kappa shape index (κ1) is 18.1. The van der Waals surface area contributed by atoms with Crippen LogP contribution in [0.25, 0.3) is 0 Å². The van der Waals surface area contributed by atoms with Gasteiger partial charge in [0.25, 0.3) is 9.70 Å². The van der Waals surface area contributed by atoms with Crippen LogP contribution in [0, 0.1) is 0 Å². The monoisotopic (exact) mass is 350 g/mol. The Kier molecular flexibility index (Phi) is 6.78. The number of amides is 2. The molecule has 0 fully saturated rings. The molecule has 0 spiro atoms. The van der Waals surface area contributed by atoms with E-state index in [0.717, 1.165) is 12.0 Å². The van der Waals surface area contributed by atoms with Crippen LogP contribution in [0.3, 0.4) is 0 Å². The van der Waals surface area contributed by atoms with E-state index in [0.29, 0.717) is 5.69 Å². The minimum atomic E-state index is -2.02. The molecule has 1 unspecified atom stereocenters. The molecule has 116 valence electrons. The lowest BCUT2D eigenvalue weighted by Gasteiger charge is -2.13. The molecular formula is C14H17Cl3N2O2. The molecule has 1 aromatic carbocycles. The molecule has 0 saturated heterocycles. The van der Waals surface area contributed by atoms with Crippen LogP contribution in [0.15, 0.2) is 24.3 Å². The molecule has 0 aliphatic carbocycles. The molecule has 0 bridgehead atoms. The highest BCUT2D eigenvalue weighted by Gasteiger charge is 2.30. The molecule has 2 amide bonds. The van der Waals surface area contributed by atoms with E-state index in [2.05, 4.69) is 10.6 Å². The summed E-state index contributed by atoms with van der Waals surface area (Å²) in [6.07, 6.45) is 1.09. The predicted octanol–water partition coefficient (Wildman–Crippen LogP) is 3.45. The second-order valence-electron chi connectivity index (χ2n) is 4.71. The summed E-state index contributed by atoms with van der Waals surface area (Å²) in [7, 11) is 0. The number of alkyl halides is 3. The highest BCUT2D eigenvalue weighted by Crippen LogP contribution is 2.27. The van der Waals surface area contributed by atoms with Crippen LogP contribution in [0.4, 0.5) is 5.69 Å². The van der Waals surface area contributed by atoms with Gasteiger partial charge in [-0.15, -0.1) is 0 Å². The lowest BCUT2D eigenvalue weighted by Crippen LogP contribution is -2.33. The summed E-state index contributed by atoms with van der Waals surface area (Å²) in [5.41, 5.74) is 1.23. The number of rotatable bonds is 5. The molecule has 0 aliphatic heterocycles. The average molecular weight is 352 g/mol. The van der Waals surface area contributed by atoms with Crippen molar-refractivity contribution in [3.05, 3.63) is 29.8 Å². The van der Waals surface area contributed by atoms with Gasteiger partial charge >= 0.3 is 0 Å². The summed E-state index contributed by atoms with van der Waals surface area (Å²) in [4.78, 5) is 23.4. The molecule has 7 heteroatoms. The Morgan fingerprint density at radius 3 is 2.52 bits per heavy atom. The van der Waals surface area contributed by atoms with Crippen LogP contribution in [0.5, 0.6) is 0 Å². The van der Waals surface area contributed by atoms with Crippen LogP contribution >= 0.6 is 34.8 Å². The van der Waals surface area contributed by atoms with Gasteiger partial charge in [0.2, 0.25) is 5.91 Å². The number of hydrogen-bond donors (Lipinski definition) is 2. The maximum Gasteiger partial charge on any atom is 0.276 e. The Labute approximate surface area is 139 Å². The highest BCUT2D eigenvalue weighted by atomic mass is 35.6. The van der Waals surface area contributed by atoms with Crippen molar-refractivity contribution in [2.45, 2.75) is 36.5 Å². The van der Waals surface area contributed by atoms with E-state index >= 15 is 0 Å². The molecule has 0 radical (unpaired) electrons. The number of carbonyl (C=O) groups excluding carboxylic acids is 2. The fourth-order valence-corrected chi connectivity index (χ4v) is 1.72. The summed E-state index contributed by atoms with van der Waals surface area (Å²) < 4.78 is -2.02. The summed E-state index contributed by atoms with van der Waals surface area (Å²) >= 11 is 16.5. The van der Waals surface area contributed by atoms with Crippen molar-refractivity contribution >= 4 is 52.3 Å². The molecule has 0 saturated carbocycles. The first-order chi connectivity index (χ1) is 9.72. The first-order valence-electron chi connectivity index (χ1n) is 6.49. The Balaban J connectivity index is 2.68. The second kappa shape index (κ2) is 7.87. The minimum Gasteiger partial charge on any atom is -0.353 e. The van der Waals surface area contributed by atoms with Crippen molar-refractivity contribution in [3.63, 3.8) is 0 Å². The van der Waals surface area contributed by atoms with Gasteiger partial charge in [-0.05, 0) is 31.0 Å². The summed E-state index contributed by atoms with van der Waals surface area (Å²) in [5.74, 6) is -0.817. The van der Waals surface area contributed by atoms with E-state index in [4.69, 9.17) is 34.8 Å². The SMILES string of the molecule is CCC(C)NC(=O)Cc1cccc(NC(=O)C(Cl)(Cl)Cl)c1. The van der Waals surface area contributed by atoms with Gasteiger partial charge in [-0.25, -0.2) is 0 Å². The van der Waals surface area contributed by atoms with Crippen molar-refractivity contribution in [2.75, 3.05) is 5.32 Å². The zero-order valence-corrected chi connectivity index (χ0v) is 14.0. The summed E-state index contributed by atoms with van der Waals surface area (Å²) in [6.45, 7) is 3.94. The average Bonchev–Trinajstić information content (AvgIpc) is 2.37. The number of hydrogen-bond acceptors (Lipinski definition) is 2. The van der Waals surface area contributed by atoms with Crippen molar-refractivity contribution in [1.29, 1.82) is 0 Å². The standard InChI is InChI=1S/C14H17Cl3N2O2/c1-3-9(2)18-12(20)8-10-5-4-6-11(7-10)19-13(21)14(15,16)17/h4-7,9H,3,8H2,1-2H3,(H,18,20)(H,19,21). The van der Waals surface area contributed by atoms with Crippen molar-refractivity contribution in [3.8, 4) is 0 Å². The van der Waals surface area contributed by atoms with E-state index in [-0.39, 0.29) is 18.4 Å². The maximum atomic E-state index is 11.8. The number of halogens is 3. The van der Waals surface area contributed by atoms with Crippen molar-refractivity contribution in [1.82, 2.24) is 5.32 Å². The van der Waals surface area contributed by atoms with Gasteiger partial charge in [-0.3, -0.25) is 9.59 Å². The third kappa shape index (κ3) is 6.55. The van der Waals surface area contributed by atoms with Crippen LogP contribution in [-0.4, -0.2) is 21.6 Å². The zero-order chi connectivity index (χ0) is 16.0. The van der Waals surface area contributed by atoms with Crippen LogP contribution in [-0.2, 0) is 16.0 Å². The van der Waals surface area contributed by atoms with E-state index in [1.807, 2.05) is 13.8 Å². The maximum absolute atomic E-state index is 11.8. The van der Waals surface area contributed by atoms with E-state index in [9.17, 15) is 9.59 Å². The minimum absolute atomic E-state index is 0.0748. The number of carbonyl (C=O) groups is 2. The molecule has 1 atom stereocenters. The second-order valence-corrected chi connectivity index (χ2v) is 6.99. The molecule has 1 aromatic rings. The molecule has 21 heavy (non-hydrogen) atoms. The summed E-state index contributed by atoms with van der Waals surface area (Å²) in [6, 6.07) is 6.97. The van der Waals surface area contributed by atoms with Crippen LogP contribution < -0.4 is 10.6 Å². The molecule has 0 aromatic heterocycles. The third-order valence-corrected chi connectivity index (χ3v) is 3.34. The fraction of sp³-hybridized carbons (Fsp3) is 0.429. The molecular weight excluding hydrogens is 335 g/mol. The third-order valence-electron chi connectivity index (χ3n) is 2.83. The largest absolute Gasteiger partial charge is 0.353 e. The molecule has 0 aliphatic rings. The zero-order valence-electron chi connectivity index (χ0n) is 11.8.